The Balaban J connectivity index is 2.24. The summed E-state index contributed by atoms with van der Waals surface area (Å²) in [7, 11) is 0. The predicted molar refractivity (Wildman–Crippen MR) is 59.9 cm³/mol. The molecule has 4 heteroatoms. The van der Waals surface area contributed by atoms with Crippen molar-refractivity contribution in [3.63, 3.8) is 0 Å². The quantitative estimate of drug-likeness (QED) is 0.860. The lowest BCUT2D eigenvalue weighted by Gasteiger charge is -1.96. The molecule has 16 heavy (non-hydrogen) atoms. The molecule has 0 bridgehead atoms. The Kier molecular flexibility index (Phi) is 2.90. The number of phenols is 1. The maximum absolute atomic E-state index is 9.34. The van der Waals surface area contributed by atoms with Gasteiger partial charge >= 0.3 is 0 Å². The summed E-state index contributed by atoms with van der Waals surface area (Å²) < 4.78 is 5.13. The third kappa shape index (κ3) is 2.39. The topological polar surface area (TPSA) is 59.2 Å². The molecular weight excluding hydrogens is 204 g/mol. The highest BCUT2D eigenvalue weighted by Gasteiger charge is 2.10. The molecule has 0 unspecified atom stereocenters. The van der Waals surface area contributed by atoms with Gasteiger partial charge in [-0.1, -0.05) is 25.1 Å². The zero-order chi connectivity index (χ0) is 11.5. The summed E-state index contributed by atoms with van der Waals surface area (Å²) in [4.78, 5) is 4.27. The Morgan fingerprint density at radius 3 is 2.88 bits per heavy atom. The van der Waals surface area contributed by atoms with Crippen molar-refractivity contribution in [1.82, 2.24) is 10.1 Å². The molecular formula is C12H14N2O2. The maximum Gasteiger partial charge on any atom is 0.258 e. The summed E-state index contributed by atoms with van der Waals surface area (Å²) in [5.41, 5.74) is 0.738. The Hall–Kier alpha value is -1.84. The number of aromatic nitrogens is 2. The number of aromatic hydroxyl groups is 1. The molecule has 0 amide bonds. The molecule has 0 fully saturated rings. The van der Waals surface area contributed by atoms with E-state index in [0.29, 0.717) is 17.6 Å². The van der Waals surface area contributed by atoms with Crippen LogP contribution in [0.1, 0.15) is 19.7 Å². The number of benzene rings is 1. The molecule has 0 aliphatic rings. The minimum atomic E-state index is 0.195. The first-order valence-electron chi connectivity index (χ1n) is 5.27. The van der Waals surface area contributed by atoms with Crippen molar-refractivity contribution in [1.29, 1.82) is 0 Å². The smallest absolute Gasteiger partial charge is 0.258 e. The normalized spacial score (nSPS) is 10.9. The molecule has 0 aliphatic carbocycles. The maximum atomic E-state index is 9.34. The van der Waals surface area contributed by atoms with Crippen molar-refractivity contribution >= 4 is 0 Å². The van der Waals surface area contributed by atoms with Crippen LogP contribution in [0, 0.1) is 5.92 Å². The van der Waals surface area contributed by atoms with Crippen molar-refractivity contribution < 1.29 is 9.63 Å². The van der Waals surface area contributed by atoms with Crippen LogP contribution in [0.5, 0.6) is 5.75 Å². The Bertz CT molecular complexity index is 477. The first-order chi connectivity index (χ1) is 7.65. The van der Waals surface area contributed by atoms with Gasteiger partial charge < -0.3 is 9.63 Å². The first kappa shape index (κ1) is 10.7. The van der Waals surface area contributed by atoms with Crippen LogP contribution in [0.2, 0.25) is 0 Å². The highest BCUT2D eigenvalue weighted by atomic mass is 16.5. The van der Waals surface area contributed by atoms with Crippen molar-refractivity contribution in [2.24, 2.45) is 5.92 Å². The van der Waals surface area contributed by atoms with Gasteiger partial charge in [-0.05, 0) is 24.1 Å². The minimum Gasteiger partial charge on any atom is -0.508 e. The van der Waals surface area contributed by atoms with Crippen molar-refractivity contribution in [2.45, 2.75) is 20.3 Å². The Morgan fingerprint density at radius 1 is 1.38 bits per heavy atom. The van der Waals surface area contributed by atoms with E-state index in [1.165, 1.54) is 0 Å². The van der Waals surface area contributed by atoms with Gasteiger partial charge in [0.1, 0.15) is 5.75 Å². The van der Waals surface area contributed by atoms with Gasteiger partial charge in [-0.3, -0.25) is 0 Å². The van der Waals surface area contributed by atoms with Crippen LogP contribution in [-0.2, 0) is 6.42 Å². The van der Waals surface area contributed by atoms with E-state index < -0.39 is 0 Å². The number of hydrogen-bond acceptors (Lipinski definition) is 4. The molecule has 4 nitrogen and oxygen atoms in total. The first-order valence-corrected chi connectivity index (χ1v) is 5.27. The van der Waals surface area contributed by atoms with E-state index in [2.05, 4.69) is 24.0 Å². The lowest BCUT2D eigenvalue weighted by atomic mass is 10.1. The highest BCUT2D eigenvalue weighted by molar-refractivity contribution is 5.55. The number of rotatable bonds is 3. The monoisotopic (exact) mass is 218 g/mol. The third-order valence-electron chi connectivity index (χ3n) is 2.15. The fourth-order valence-electron chi connectivity index (χ4n) is 1.46. The SMILES string of the molecule is CC(C)Cc1noc(-c2cccc(O)c2)n1. The van der Waals surface area contributed by atoms with Crippen LogP contribution in [-0.4, -0.2) is 15.2 Å². The summed E-state index contributed by atoms with van der Waals surface area (Å²) in [6.45, 7) is 4.20. The molecule has 0 aliphatic heterocycles. The van der Waals surface area contributed by atoms with Gasteiger partial charge in [0.15, 0.2) is 5.82 Å². The van der Waals surface area contributed by atoms with Gasteiger partial charge in [-0.2, -0.15) is 4.98 Å². The molecule has 1 heterocycles. The highest BCUT2D eigenvalue weighted by Crippen LogP contribution is 2.21. The van der Waals surface area contributed by atoms with Gasteiger partial charge in [-0.15, -0.1) is 0 Å². The summed E-state index contributed by atoms with van der Waals surface area (Å²) in [6.07, 6.45) is 0.794. The minimum absolute atomic E-state index is 0.195. The second-order valence-corrected chi connectivity index (χ2v) is 4.16. The van der Waals surface area contributed by atoms with Gasteiger partial charge in [0.2, 0.25) is 0 Å². The molecule has 0 spiro atoms. The van der Waals surface area contributed by atoms with E-state index in [0.717, 1.165) is 12.0 Å². The second kappa shape index (κ2) is 4.35. The molecule has 0 atom stereocenters. The van der Waals surface area contributed by atoms with Gasteiger partial charge in [0.25, 0.3) is 5.89 Å². The fraction of sp³-hybridized carbons (Fsp3) is 0.333. The van der Waals surface area contributed by atoms with Crippen molar-refractivity contribution in [3.05, 3.63) is 30.1 Å². The van der Waals surface area contributed by atoms with Crippen LogP contribution in [0.15, 0.2) is 28.8 Å². The standard InChI is InChI=1S/C12H14N2O2/c1-8(2)6-11-13-12(16-14-11)9-4-3-5-10(15)7-9/h3-5,7-8,15H,6H2,1-2H3. The molecule has 1 N–H and O–H groups in total. The van der Waals surface area contributed by atoms with E-state index in [-0.39, 0.29) is 5.75 Å². The molecule has 2 aromatic rings. The summed E-state index contributed by atoms with van der Waals surface area (Å²) in [5, 5.41) is 13.2. The summed E-state index contributed by atoms with van der Waals surface area (Å²) in [6, 6.07) is 6.78. The molecule has 0 saturated carbocycles. The Labute approximate surface area is 93.9 Å². The average molecular weight is 218 g/mol. The average Bonchev–Trinajstić information content (AvgIpc) is 2.65. The van der Waals surface area contributed by atoms with Gasteiger partial charge in [0, 0.05) is 12.0 Å². The van der Waals surface area contributed by atoms with Crippen LogP contribution in [0.25, 0.3) is 11.5 Å². The predicted octanol–water partition coefficient (Wildman–Crippen LogP) is 2.64. The zero-order valence-corrected chi connectivity index (χ0v) is 9.34. The van der Waals surface area contributed by atoms with Gasteiger partial charge in [-0.25, -0.2) is 0 Å². The van der Waals surface area contributed by atoms with E-state index in [1.807, 2.05) is 6.07 Å². The van der Waals surface area contributed by atoms with Crippen LogP contribution in [0.3, 0.4) is 0 Å². The van der Waals surface area contributed by atoms with E-state index in [1.54, 1.807) is 18.2 Å². The van der Waals surface area contributed by atoms with Crippen LogP contribution < -0.4 is 0 Å². The second-order valence-electron chi connectivity index (χ2n) is 4.16. The molecule has 0 radical (unpaired) electrons. The Morgan fingerprint density at radius 2 is 2.19 bits per heavy atom. The summed E-state index contributed by atoms with van der Waals surface area (Å²) >= 11 is 0. The third-order valence-corrected chi connectivity index (χ3v) is 2.15. The van der Waals surface area contributed by atoms with Crippen molar-refractivity contribution in [2.75, 3.05) is 0 Å². The lowest BCUT2D eigenvalue weighted by molar-refractivity contribution is 0.417. The molecule has 84 valence electrons. The lowest BCUT2D eigenvalue weighted by Crippen LogP contribution is -1.95. The molecule has 2 rings (SSSR count). The largest absolute Gasteiger partial charge is 0.508 e. The fourth-order valence-corrected chi connectivity index (χ4v) is 1.46. The van der Waals surface area contributed by atoms with E-state index in [4.69, 9.17) is 4.52 Å². The van der Waals surface area contributed by atoms with Crippen LogP contribution >= 0.6 is 0 Å². The van der Waals surface area contributed by atoms with E-state index in [9.17, 15) is 5.11 Å². The molecule has 1 aromatic heterocycles. The molecule has 1 aromatic carbocycles. The van der Waals surface area contributed by atoms with Gasteiger partial charge in [0.05, 0.1) is 0 Å². The number of hydrogen-bond donors (Lipinski definition) is 1. The molecule has 0 saturated heterocycles. The zero-order valence-electron chi connectivity index (χ0n) is 9.34. The number of nitrogens with zero attached hydrogens (tertiary/aromatic N) is 2. The van der Waals surface area contributed by atoms with E-state index >= 15 is 0 Å². The summed E-state index contributed by atoms with van der Waals surface area (Å²) in [5.74, 6) is 1.84. The number of phenolic OH excluding ortho intramolecular Hbond substituents is 1. The van der Waals surface area contributed by atoms with Crippen molar-refractivity contribution in [3.8, 4) is 17.2 Å². The van der Waals surface area contributed by atoms with Crippen LogP contribution in [0.4, 0.5) is 0 Å².